The van der Waals surface area contributed by atoms with Gasteiger partial charge in [0.1, 0.15) is 11.5 Å². The standard InChI is InChI=1S/C13H16O3/c1-2-12(14)11-7-10(5-6-13(11)15)16-8-9-3-4-9/h5-7,9,15H,2-4,8H2,1H3. The maximum atomic E-state index is 11.5. The molecule has 1 saturated carbocycles. The highest BCUT2D eigenvalue weighted by atomic mass is 16.5. The molecule has 1 aliphatic rings. The second-order valence-electron chi connectivity index (χ2n) is 4.21. The fraction of sp³-hybridized carbons (Fsp3) is 0.462. The Morgan fingerprint density at radius 2 is 2.25 bits per heavy atom. The van der Waals surface area contributed by atoms with Crippen molar-refractivity contribution in [1.29, 1.82) is 0 Å². The van der Waals surface area contributed by atoms with Crippen LogP contribution in [-0.4, -0.2) is 17.5 Å². The number of hydrogen-bond donors (Lipinski definition) is 1. The van der Waals surface area contributed by atoms with Crippen LogP contribution in [0.4, 0.5) is 0 Å². The second kappa shape index (κ2) is 4.56. The van der Waals surface area contributed by atoms with Crippen LogP contribution in [0.1, 0.15) is 36.5 Å². The number of aromatic hydroxyl groups is 1. The third-order valence-corrected chi connectivity index (χ3v) is 2.77. The average Bonchev–Trinajstić information content (AvgIpc) is 3.11. The second-order valence-corrected chi connectivity index (χ2v) is 4.21. The zero-order valence-electron chi connectivity index (χ0n) is 9.40. The summed E-state index contributed by atoms with van der Waals surface area (Å²) in [4.78, 5) is 11.5. The van der Waals surface area contributed by atoms with Crippen molar-refractivity contribution in [1.82, 2.24) is 0 Å². The molecule has 0 bridgehead atoms. The molecule has 3 nitrogen and oxygen atoms in total. The highest BCUT2D eigenvalue weighted by Gasteiger charge is 2.22. The Bertz CT molecular complexity index is 394. The lowest BCUT2D eigenvalue weighted by molar-refractivity contribution is 0.0985. The Kier molecular flexibility index (Phi) is 3.13. The molecule has 16 heavy (non-hydrogen) atoms. The van der Waals surface area contributed by atoms with Gasteiger partial charge in [0.2, 0.25) is 0 Å². The first-order chi connectivity index (χ1) is 7.70. The van der Waals surface area contributed by atoms with E-state index in [4.69, 9.17) is 4.74 Å². The lowest BCUT2D eigenvalue weighted by Gasteiger charge is -2.08. The van der Waals surface area contributed by atoms with Gasteiger partial charge in [-0.05, 0) is 37.0 Å². The summed E-state index contributed by atoms with van der Waals surface area (Å²) in [5, 5.41) is 9.55. The fourth-order valence-electron chi connectivity index (χ4n) is 1.52. The summed E-state index contributed by atoms with van der Waals surface area (Å²) >= 11 is 0. The van der Waals surface area contributed by atoms with Crippen LogP contribution in [0, 0.1) is 5.92 Å². The van der Waals surface area contributed by atoms with Crippen molar-refractivity contribution in [3.63, 3.8) is 0 Å². The summed E-state index contributed by atoms with van der Waals surface area (Å²) in [7, 11) is 0. The molecule has 0 atom stereocenters. The van der Waals surface area contributed by atoms with Crippen LogP contribution in [0.25, 0.3) is 0 Å². The number of carbonyl (C=O) groups is 1. The highest BCUT2D eigenvalue weighted by molar-refractivity contribution is 5.98. The molecule has 0 saturated heterocycles. The van der Waals surface area contributed by atoms with Crippen LogP contribution in [-0.2, 0) is 0 Å². The summed E-state index contributed by atoms with van der Waals surface area (Å²) in [5.41, 5.74) is 0.357. The van der Waals surface area contributed by atoms with Gasteiger partial charge in [-0.25, -0.2) is 0 Å². The van der Waals surface area contributed by atoms with Crippen molar-refractivity contribution in [2.24, 2.45) is 5.92 Å². The SMILES string of the molecule is CCC(=O)c1cc(OCC2CC2)ccc1O. The highest BCUT2D eigenvalue weighted by Crippen LogP contribution is 2.30. The van der Waals surface area contributed by atoms with Gasteiger partial charge in [0.25, 0.3) is 0 Å². The van der Waals surface area contributed by atoms with Gasteiger partial charge in [-0.2, -0.15) is 0 Å². The molecule has 0 aliphatic heterocycles. The molecule has 3 heteroatoms. The van der Waals surface area contributed by atoms with E-state index in [1.165, 1.54) is 18.9 Å². The van der Waals surface area contributed by atoms with E-state index in [-0.39, 0.29) is 11.5 Å². The molecule has 1 aliphatic carbocycles. The van der Waals surface area contributed by atoms with E-state index in [0.29, 0.717) is 30.3 Å². The molecule has 0 aromatic heterocycles. The zero-order valence-corrected chi connectivity index (χ0v) is 9.40. The number of phenols is 1. The third-order valence-electron chi connectivity index (χ3n) is 2.77. The number of Topliss-reactive ketones (excluding diaryl/α,β-unsaturated/α-hetero) is 1. The molecular formula is C13H16O3. The van der Waals surface area contributed by atoms with Gasteiger partial charge in [-0.1, -0.05) is 6.92 Å². The van der Waals surface area contributed by atoms with E-state index >= 15 is 0 Å². The Morgan fingerprint density at radius 3 is 2.88 bits per heavy atom. The minimum absolute atomic E-state index is 0.0330. The molecule has 1 fully saturated rings. The maximum absolute atomic E-state index is 11.5. The van der Waals surface area contributed by atoms with Crippen molar-refractivity contribution in [3.05, 3.63) is 23.8 Å². The predicted molar refractivity (Wildman–Crippen MR) is 60.9 cm³/mol. The molecule has 0 radical (unpaired) electrons. The molecule has 0 unspecified atom stereocenters. The van der Waals surface area contributed by atoms with Crippen molar-refractivity contribution in [3.8, 4) is 11.5 Å². The number of hydrogen-bond acceptors (Lipinski definition) is 3. The summed E-state index contributed by atoms with van der Waals surface area (Å²) in [6.45, 7) is 2.49. The Balaban J connectivity index is 2.10. The van der Waals surface area contributed by atoms with Crippen LogP contribution in [0.3, 0.4) is 0 Å². The van der Waals surface area contributed by atoms with E-state index in [9.17, 15) is 9.90 Å². The third kappa shape index (κ3) is 2.54. The van der Waals surface area contributed by atoms with E-state index in [1.54, 1.807) is 19.1 Å². The van der Waals surface area contributed by atoms with Gasteiger partial charge in [0, 0.05) is 6.42 Å². The lowest BCUT2D eigenvalue weighted by Crippen LogP contribution is -2.01. The molecule has 0 spiro atoms. The van der Waals surface area contributed by atoms with Crippen LogP contribution < -0.4 is 4.74 Å². The molecular weight excluding hydrogens is 204 g/mol. The number of rotatable bonds is 5. The topological polar surface area (TPSA) is 46.5 Å². The van der Waals surface area contributed by atoms with Crippen LogP contribution in [0.5, 0.6) is 11.5 Å². The normalized spacial score (nSPS) is 14.8. The monoisotopic (exact) mass is 220 g/mol. The predicted octanol–water partition coefficient (Wildman–Crippen LogP) is 2.77. The smallest absolute Gasteiger partial charge is 0.166 e. The van der Waals surface area contributed by atoms with Gasteiger partial charge >= 0.3 is 0 Å². The van der Waals surface area contributed by atoms with Gasteiger partial charge in [0.15, 0.2) is 5.78 Å². The Hall–Kier alpha value is -1.51. The minimum Gasteiger partial charge on any atom is -0.507 e. The average molecular weight is 220 g/mol. The summed E-state index contributed by atoms with van der Waals surface area (Å²) in [5.74, 6) is 1.32. The van der Waals surface area contributed by atoms with Crippen molar-refractivity contribution >= 4 is 5.78 Å². The summed E-state index contributed by atoms with van der Waals surface area (Å²) in [6, 6.07) is 4.85. The Morgan fingerprint density at radius 1 is 1.50 bits per heavy atom. The van der Waals surface area contributed by atoms with Gasteiger partial charge in [0.05, 0.1) is 12.2 Å². The largest absolute Gasteiger partial charge is 0.507 e. The first-order valence-corrected chi connectivity index (χ1v) is 5.69. The number of ketones is 1. The maximum Gasteiger partial charge on any atom is 0.166 e. The molecule has 1 N–H and O–H groups in total. The quantitative estimate of drug-likeness (QED) is 0.776. The first-order valence-electron chi connectivity index (χ1n) is 5.69. The molecule has 0 amide bonds. The molecule has 86 valence electrons. The molecule has 0 heterocycles. The van der Waals surface area contributed by atoms with Crippen LogP contribution in [0.2, 0.25) is 0 Å². The van der Waals surface area contributed by atoms with E-state index in [0.717, 1.165) is 0 Å². The lowest BCUT2D eigenvalue weighted by atomic mass is 10.1. The van der Waals surface area contributed by atoms with E-state index < -0.39 is 0 Å². The fourth-order valence-corrected chi connectivity index (χ4v) is 1.52. The van der Waals surface area contributed by atoms with Crippen LogP contribution >= 0.6 is 0 Å². The minimum atomic E-state index is -0.0608. The van der Waals surface area contributed by atoms with Crippen molar-refractivity contribution in [2.45, 2.75) is 26.2 Å². The molecule has 1 aromatic rings. The van der Waals surface area contributed by atoms with E-state index in [2.05, 4.69) is 0 Å². The molecule has 2 rings (SSSR count). The van der Waals surface area contributed by atoms with Gasteiger partial charge < -0.3 is 9.84 Å². The van der Waals surface area contributed by atoms with E-state index in [1.807, 2.05) is 0 Å². The molecule has 1 aromatic carbocycles. The number of carbonyl (C=O) groups excluding carboxylic acids is 1. The first kappa shape index (κ1) is 11.0. The van der Waals surface area contributed by atoms with Crippen molar-refractivity contribution < 1.29 is 14.6 Å². The number of phenolic OH excluding ortho intramolecular Hbond substituents is 1. The van der Waals surface area contributed by atoms with Gasteiger partial charge in [-0.15, -0.1) is 0 Å². The van der Waals surface area contributed by atoms with Crippen molar-refractivity contribution in [2.75, 3.05) is 6.61 Å². The number of benzene rings is 1. The van der Waals surface area contributed by atoms with Gasteiger partial charge in [-0.3, -0.25) is 4.79 Å². The summed E-state index contributed by atoms with van der Waals surface area (Å²) in [6.07, 6.45) is 2.86. The number of ether oxygens (including phenoxy) is 1. The Labute approximate surface area is 95.0 Å². The zero-order chi connectivity index (χ0) is 11.5. The van der Waals surface area contributed by atoms with Crippen LogP contribution in [0.15, 0.2) is 18.2 Å². The summed E-state index contributed by atoms with van der Waals surface area (Å²) < 4.78 is 5.56.